The molecular weight excluding hydrogens is 346 g/mol. The summed E-state index contributed by atoms with van der Waals surface area (Å²) in [6.07, 6.45) is 3.34. The summed E-state index contributed by atoms with van der Waals surface area (Å²) in [7, 11) is 1.98. The number of aryl methyl sites for hydroxylation is 1. The molecule has 0 radical (unpaired) electrons. The van der Waals surface area contributed by atoms with Gasteiger partial charge in [-0.25, -0.2) is 0 Å². The molecular formula is C20H21N3O2S. The maximum atomic E-state index is 12.4. The lowest BCUT2D eigenvalue weighted by Crippen LogP contribution is -2.35. The van der Waals surface area contributed by atoms with Crippen LogP contribution in [0.25, 0.3) is 10.9 Å². The van der Waals surface area contributed by atoms with Crippen molar-refractivity contribution in [2.75, 3.05) is 11.9 Å². The summed E-state index contributed by atoms with van der Waals surface area (Å²) in [5, 5.41) is 6.04. The van der Waals surface area contributed by atoms with Crippen LogP contribution in [-0.4, -0.2) is 27.8 Å². The van der Waals surface area contributed by atoms with Crippen molar-refractivity contribution in [3.05, 3.63) is 52.3 Å². The Kier molecular flexibility index (Phi) is 4.51. The Balaban J connectivity index is 1.34. The van der Waals surface area contributed by atoms with Gasteiger partial charge in [0.25, 0.3) is 0 Å². The zero-order valence-electron chi connectivity index (χ0n) is 14.7. The number of benzene rings is 1. The van der Waals surface area contributed by atoms with Crippen molar-refractivity contribution in [2.45, 2.75) is 25.8 Å². The molecule has 0 fully saturated rings. The molecule has 0 bridgehead atoms. The molecule has 1 aliphatic heterocycles. The van der Waals surface area contributed by atoms with Crippen molar-refractivity contribution < 1.29 is 9.59 Å². The predicted octanol–water partition coefficient (Wildman–Crippen LogP) is 3.54. The molecule has 5 nitrogen and oxygen atoms in total. The second-order valence-electron chi connectivity index (χ2n) is 6.65. The first-order chi connectivity index (χ1) is 12.6. The SMILES string of the molecule is Cn1ccc2c(NC(=O)CCC(=O)N3CCc4sccc4C3)cccc21. The number of hydrogen-bond acceptors (Lipinski definition) is 3. The van der Waals surface area contributed by atoms with E-state index < -0.39 is 0 Å². The fourth-order valence-electron chi connectivity index (χ4n) is 3.46. The molecule has 134 valence electrons. The summed E-state index contributed by atoms with van der Waals surface area (Å²) >= 11 is 1.76. The monoisotopic (exact) mass is 367 g/mol. The summed E-state index contributed by atoms with van der Waals surface area (Å²) in [6, 6.07) is 9.92. The molecule has 2 amide bonds. The number of anilines is 1. The normalized spacial score (nSPS) is 13.7. The number of nitrogens with one attached hydrogen (secondary N) is 1. The number of nitrogens with zero attached hydrogens (tertiary/aromatic N) is 2. The number of rotatable bonds is 4. The molecule has 0 aliphatic carbocycles. The van der Waals surface area contributed by atoms with Gasteiger partial charge in [-0.1, -0.05) is 6.07 Å². The molecule has 0 unspecified atom stereocenters. The number of carbonyl (C=O) groups excluding carboxylic acids is 2. The Labute approximate surface area is 156 Å². The van der Waals surface area contributed by atoms with Crippen LogP contribution < -0.4 is 5.32 Å². The summed E-state index contributed by atoms with van der Waals surface area (Å²) in [5.74, 6) is -0.0714. The Morgan fingerprint density at radius 3 is 2.96 bits per heavy atom. The molecule has 0 spiro atoms. The van der Waals surface area contributed by atoms with Gasteiger partial charge in [0, 0.05) is 55.0 Å². The van der Waals surface area contributed by atoms with Crippen LogP contribution in [0.3, 0.4) is 0 Å². The fourth-order valence-corrected chi connectivity index (χ4v) is 4.35. The summed E-state index contributed by atoms with van der Waals surface area (Å²) < 4.78 is 2.02. The van der Waals surface area contributed by atoms with Crippen LogP contribution in [0, 0.1) is 0 Å². The first-order valence-electron chi connectivity index (χ1n) is 8.79. The molecule has 1 aromatic carbocycles. The molecule has 26 heavy (non-hydrogen) atoms. The number of fused-ring (bicyclic) bond motifs is 2. The topological polar surface area (TPSA) is 54.3 Å². The van der Waals surface area contributed by atoms with Crippen LogP contribution in [0.2, 0.25) is 0 Å². The third-order valence-electron chi connectivity index (χ3n) is 4.93. The number of aromatic nitrogens is 1. The van der Waals surface area contributed by atoms with Gasteiger partial charge in [0.2, 0.25) is 11.8 Å². The van der Waals surface area contributed by atoms with E-state index in [2.05, 4.69) is 16.8 Å². The molecule has 1 N–H and O–H groups in total. The third-order valence-corrected chi connectivity index (χ3v) is 5.95. The zero-order chi connectivity index (χ0) is 18.1. The van der Waals surface area contributed by atoms with Gasteiger partial charge in [-0.15, -0.1) is 11.3 Å². The maximum Gasteiger partial charge on any atom is 0.224 e. The van der Waals surface area contributed by atoms with Crippen molar-refractivity contribution in [3.63, 3.8) is 0 Å². The molecule has 1 aliphatic rings. The van der Waals surface area contributed by atoms with E-state index in [-0.39, 0.29) is 24.7 Å². The van der Waals surface area contributed by atoms with Gasteiger partial charge in [0.15, 0.2) is 0 Å². The summed E-state index contributed by atoms with van der Waals surface area (Å²) in [4.78, 5) is 28.0. The lowest BCUT2D eigenvalue weighted by molar-refractivity contribution is -0.133. The molecule has 3 heterocycles. The van der Waals surface area contributed by atoms with E-state index in [9.17, 15) is 9.59 Å². The minimum Gasteiger partial charge on any atom is -0.350 e. The van der Waals surface area contributed by atoms with E-state index in [0.717, 1.165) is 29.6 Å². The third kappa shape index (κ3) is 3.24. The van der Waals surface area contributed by atoms with E-state index in [0.29, 0.717) is 6.54 Å². The van der Waals surface area contributed by atoms with Crippen LogP contribution in [0.15, 0.2) is 41.9 Å². The van der Waals surface area contributed by atoms with Crippen LogP contribution >= 0.6 is 11.3 Å². The number of hydrogen-bond donors (Lipinski definition) is 1. The zero-order valence-corrected chi connectivity index (χ0v) is 15.5. The second kappa shape index (κ2) is 6.96. The number of carbonyl (C=O) groups is 2. The highest BCUT2D eigenvalue weighted by Crippen LogP contribution is 2.25. The summed E-state index contributed by atoms with van der Waals surface area (Å²) in [6.45, 7) is 1.42. The average Bonchev–Trinajstić information content (AvgIpc) is 3.26. The minimum atomic E-state index is -0.122. The van der Waals surface area contributed by atoms with Crippen molar-refractivity contribution in [2.24, 2.45) is 7.05 Å². The Morgan fingerprint density at radius 1 is 1.19 bits per heavy atom. The lowest BCUT2D eigenvalue weighted by atomic mass is 10.1. The average molecular weight is 367 g/mol. The van der Waals surface area contributed by atoms with E-state index >= 15 is 0 Å². The van der Waals surface area contributed by atoms with Gasteiger partial charge < -0.3 is 14.8 Å². The van der Waals surface area contributed by atoms with Gasteiger partial charge in [0.05, 0.1) is 5.69 Å². The molecule has 4 rings (SSSR count). The molecule has 0 saturated carbocycles. The van der Waals surface area contributed by atoms with Crippen LogP contribution in [0.5, 0.6) is 0 Å². The Morgan fingerprint density at radius 2 is 2.08 bits per heavy atom. The van der Waals surface area contributed by atoms with E-state index in [1.54, 1.807) is 11.3 Å². The van der Waals surface area contributed by atoms with Gasteiger partial charge in [-0.2, -0.15) is 0 Å². The largest absolute Gasteiger partial charge is 0.350 e. The Bertz CT molecular complexity index is 973. The fraction of sp³-hybridized carbons (Fsp3) is 0.300. The highest BCUT2D eigenvalue weighted by Gasteiger charge is 2.21. The van der Waals surface area contributed by atoms with E-state index in [1.165, 1.54) is 10.4 Å². The van der Waals surface area contributed by atoms with Gasteiger partial charge in [0.1, 0.15) is 0 Å². The predicted molar refractivity (Wildman–Crippen MR) is 104 cm³/mol. The highest BCUT2D eigenvalue weighted by molar-refractivity contribution is 7.10. The van der Waals surface area contributed by atoms with Gasteiger partial charge in [-0.3, -0.25) is 9.59 Å². The smallest absolute Gasteiger partial charge is 0.224 e. The minimum absolute atomic E-state index is 0.0509. The van der Waals surface area contributed by atoms with E-state index in [4.69, 9.17) is 0 Å². The second-order valence-corrected chi connectivity index (χ2v) is 7.65. The standard InChI is InChI=1S/C20H21N3O2S/c1-22-10-7-15-16(3-2-4-17(15)22)21-19(24)5-6-20(25)23-11-8-18-14(13-23)9-12-26-18/h2-4,7,9-10,12H,5-6,8,11,13H2,1H3,(H,21,24). The summed E-state index contributed by atoms with van der Waals surface area (Å²) in [5.41, 5.74) is 3.11. The van der Waals surface area contributed by atoms with Crippen LogP contribution in [-0.2, 0) is 29.6 Å². The molecule has 2 aromatic heterocycles. The van der Waals surface area contributed by atoms with Crippen LogP contribution in [0.4, 0.5) is 5.69 Å². The van der Waals surface area contributed by atoms with Crippen molar-refractivity contribution in [1.82, 2.24) is 9.47 Å². The first kappa shape index (κ1) is 16.8. The highest BCUT2D eigenvalue weighted by atomic mass is 32.1. The lowest BCUT2D eigenvalue weighted by Gasteiger charge is -2.27. The Hall–Kier alpha value is -2.60. The quantitative estimate of drug-likeness (QED) is 0.767. The van der Waals surface area contributed by atoms with Crippen molar-refractivity contribution >= 4 is 39.7 Å². The van der Waals surface area contributed by atoms with Gasteiger partial charge in [-0.05, 0) is 41.6 Å². The number of thiophene rings is 1. The van der Waals surface area contributed by atoms with Crippen molar-refractivity contribution in [3.8, 4) is 0 Å². The maximum absolute atomic E-state index is 12.4. The molecule has 0 saturated heterocycles. The first-order valence-corrected chi connectivity index (χ1v) is 9.67. The molecule has 6 heteroatoms. The molecule has 3 aromatic rings. The number of amides is 2. The van der Waals surface area contributed by atoms with Gasteiger partial charge >= 0.3 is 0 Å². The van der Waals surface area contributed by atoms with Crippen LogP contribution in [0.1, 0.15) is 23.3 Å². The van der Waals surface area contributed by atoms with E-state index in [1.807, 2.05) is 47.0 Å². The molecule has 0 atom stereocenters. The van der Waals surface area contributed by atoms with Crippen molar-refractivity contribution in [1.29, 1.82) is 0 Å².